The Balaban J connectivity index is 1.47. The lowest BCUT2D eigenvalue weighted by Crippen LogP contribution is -2.38. The predicted octanol–water partition coefficient (Wildman–Crippen LogP) is 2.94. The molecule has 1 aliphatic carbocycles. The summed E-state index contributed by atoms with van der Waals surface area (Å²) in [5, 5.41) is 3.21. The summed E-state index contributed by atoms with van der Waals surface area (Å²) in [6.07, 6.45) is 6.04. The van der Waals surface area contributed by atoms with Crippen LogP contribution in [0.4, 0.5) is 0 Å². The molecule has 1 saturated heterocycles. The highest BCUT2D eigenvalue weighted by Gasteiger charge is 2.24. The van der Waals surface area contributed by atoms with Crippen LogP contribution >= 0.6 is 0 Å². The Morgan fingerprint density at radius 3 is 2.43 bits per heavy atom. The van der Waals surface area contributed by atoms with Crippen molar-refractivity contribution in [3.8, 4) is 5.75 Å². The number of hydrogen-bond donors (Lipinski definition) is 1. The second kappa shape index (κ2) is 7.82. The Morgan fingerprint density at radius 2 is 1.83 bits per heavy atom. The fourth-order valence-electron chi connectivity index (χ4n) is 3.15. The first-order valence-electron chi connectivity index (χ1n) is 8.93. The van der Waals surface area contributed by atoms with Gasteiger partial charge in [0, 0.05) is 18.7 Å². The summed E-state index contributed by atoms with van der Waals surface area (Å²) in [6.45, 7) is 3.65. The van der Waals surface area contributed by atoms with Crippen molar-refractivity contribution in [1.29, 1.82) is 0 Å². The fraction of sp³-hybridized carbons (Fsp3) is 0.632. The van der Waals surface area contributed by atoms with Crippen LogP contribution in [-0.4, -0.2) is 44.1 Å². The Labute approximate surface area is 139 Å². The van der Waals surface area contributed by atoms with Crippen LogP contribution in [0.15, 0.2) is 24.3 Å². The molecule has 1 aromatic carbocycles. The van der Waals surface area contributed by atoms with Gasteiger partial charge in [-0.25, -0.2) is 0 Å². The number of carbonyl (C=O) groups is 1. The number of carbonyl (C=O) groups excluding carboxylic acids is 1. The van der Waals surface area contributed by atoms with E-state index in [9.17, 15) is 4.79 Å². The highest BCUT2D eigenvalue weighted by molar-refractivity contribution is 5.94. The smallest absolute Gasteiger partial charge is 0.253 e. The summed E-state index contributed by atoms with van der Waals surface area (Å²) < 4.78 is 5.73. The summed E-state index contributed by atoms with van der Waals surface area (Å²) in [7, 11) is 2.00. The minimum absolute atomic E-state index is 0.158. The molecule has 0 bridgehead atoms. The maximum Gasteiger partial charge on any atom is 0.253 e. The van der Waals surface area contributed by atoms with Gasteiger partial charge in [0.2, 0.25) is 0 Å². The molecule has 1 amide bonds. The quantitative estimate of drug-likeness (QED) is 0.841. The molecular weight excluding hydrogens is 288 g/mol. The summed E-state index contributed by atoms with van der Waals surface area (Å²) in [5.74, 6) is 2.54. The molecule has 1 heterocycles. The van der Waals surface area contributed by atoms with Crippen LogP contribution in [-0.2, 0) is 0 Å². The van der Waals surface area contributed by atoms with Gasteiger partial charge in [0.15, 0.2) is 0 Å². The maximum absolute atomic E-state index is 12.6. The summed E-state index contributed by atoms with van der Waals surface area (Å²) >= 11 is 0. The molecule has 4 nitrogen and oxygen atoms in total. The Morgan fingerprint density at radius 1 is 1.13 bits per heavy atom. The lowest BCUT2D eigenvalue weighted by molar-refractivity contribution is 0.0687. The van der Waals surface area contributed by atoms with Gasteiger partial charge in [-0.2, -0.15) is 0 Å². The number of piperidine rings is 1. The summed E-state index contributed by atoms with van der Waals surface area (Å²) in [4.78, 5) is 14.6. The number of benzene rings is 1. The third kappa shape index (κ3) is 4.71. The van der Waals surface area contributed by atoms with E-state index in [1.165, 1.54) is 19.3 Å². The van der Waals surface area contributed by atoms with Gasteiger partial charge in [-0.05, 0) is 81.8 Å². The van der Waals surface area contributed by atoms with E-state index in [0.717, 1.165) is 62.2 Å². The fourth-order valence-corrected chi connectivity index (χ4v) is 3.15. The van der Waals surface area contributed by atoms with Crippen LogP contribution in [0.5, 0.6) is 5.75 Å². The van der Waals surface area contributed by atoms with E-state index < -0.39 is 0 Å². The van der Waals surface area contributed by atoms with E-state index >= 15 is 0 Å². The normalized spacial score (nSPS) is 18.9. The standard InChI is InChI=1S/C19H28N2O2/c1-20-11-8-15-9-12-21(13-10-15)19(22)17-4-6-18(7-5-17)23-14-16-2-3-16/h4-7,15-16,20H,2-3,8-14H2,1H3. The largest absolute Gasteiger partial charge is 0.493 e. The first-order chi connectivity index (χ1) is 11.3. The second-order valence-electron chi connectivity index (χ2n) is 6.91. The molecule has 1 N–H and O–H groups in total. The van der Waals surface area contributed by atoms with Crippen molar-refractivity contribution < 1.29 is 9.53 Å². The Hall–Kier alpha value is -1.55. The van der Waals surface area contributed by atoms with Crippen molar-refractivity contribution in [1.82, 2.24) is 10.2 Å². The number of rotatable bonds is 7. The van der Waals surface area contributed by atoms with Crippen LogP contribution < -0.4 is 10.1 Å². The highest BCUT2D eigenvalue weighted by atomic mass is 16.5. The number of likely N-dealkylation sites (tertiary alicyclic amines) is 1. The molecule has 4 heteroatoms. The molecule has 2 fully saturated rings. The molecule has 1 saturated carbocycles. The van der Waals surface area contributed by atoms with Crippen molar-refractivity contribution in [2.45, 2.75) is 32.1 Å². The number of ether oxygens (including phenoxy) is 1. The molecule has 0 spiro atoms. The zero-order chi connectivity index (χ0) is 16.1. The second-order valence-corrected chi connectivity index (χ2v) is 6.91. The van der Waals surface area contributed by atoms with Gasteiger partial charge < -0.3 is 15.0 Å². The van der Waals surface area contributed by atoms with Crippen LogP contribution in [0.25, 0.3) is 0 Å². The number of hydrogen-bond acceptors (Lipinski definition) is 3. The molecule has 1 aromatic rings. The van der Waals surface area contributed by atoms with E-state index in [1.807, 2.05) is 36.2 Å². The monoisotopic (exact) mass is 316 g/mol. The lowest BCUT2D eigenvalue weighted by Gasteiger charge is -2.32. The lowest BCUT2D eigenvalue weighted by atomic mass is 9.93. The Bertz CT molecular complexity index is 503. The summed E-state index contributed by atoms with van der Waals surface area (Å²) in [5.41, 5.74) is 0.775. The molecule has 0 atom stereocenters. The van der Waals surface area contributed by atoms with Gasteiger partial charge in [0.25, 0.3) is 5.91 Å². The van der Waals surface area contributed by atoms with Crippen molar-refractivity contribution in [3.05, 3.63) is 29.8 Å². The van der Waals surface area contributed by atoms with Crippen LogP contribution in [0.3, 0.4) is 0 Å². The average Bonchev–Trinajstić information content (AvgIpc) is 3.43. The van der Waals surface area contributed by atoms with E-state index in [2.05, 4.69) is 5.32 Å². The van der Waals surface area contributed by atoms with E-state index in [1.54, 1.807) is 0 Å². The minimum Gasteiger partial charge on any atom is -0.493 e. The van der Waals surface area contributed by atoms with E-state index in [0.29, 0.717) is 0 Å². The molecule has 3 rings (SSSR count). The van der Waals surface area contributed by atoms with Crippen LogP contribution in [0, 0.1) is 11.8 Å². The van der Waals surface area contributed by atoms with Crippen molar-refractivity contribution in [2.24, 2.45) is 11.8 Å². The predicted molar refractivity (Wildman–Crippen MR) is 91.8 cm³/mol. The number of nitrogens with zero attached hydrogens (tertiary/aromatic N) is 1. The number of nitrogens with one attached hydrogen (secondary N) is 1. The first kappa shape index (κ1) is 16.3. The van der Waals surface area contributed by atoms with Crippen molar-refractivity contribution in [3.63, 3.8) is 0 Å². The maximum atomic E-state index is 12.6. The van der Waals surface area contributed by atoms with E-state index in [4.69, 9.17) is 4.74 Å². The SMILES string of the molecule is CNCCC1CCN(C(=O)c2ccc(OCC3CC3)cc2)CC1. The topological polar surface area (TPSA) is 41.6 Å². The number of amides is 1. The third-order valence-corrected chi connectivity index (χ3v) is 4.99. The summed E-state index contributed by atoms with van der Waals surface area (Å²) in [6, 6.07) is 7.65. The molecule has 2 aliphatic rings. The first-order valence-corrected chi connectivity index (χ1v) is 8.93. The van der Waals surface area contributed by atoms with Gasteiger partial charge in [-0.1, -0.05) is 0 Å². The van der Waals surface area contributed by atoms with Gasteiger partial charge in [0.05, 0.1) is 6.61 Å². The molecule has 1 aliphatic heterocycles. The molecular formula is C19H28N2O2. The minimum atomic E-state index is 0.158. The molecule has 23 heavy (non-hydrogen) atoms. The van der Waals surface area contributed by atoms with E-state index in [-0.39, 0.29) is 5.91 Å². The van der Waals surface area contributed by atoms with Gasteiger partial charge in [-0.15, -0.1) is 0 Å². The molecule has 0 unspecified atom stereocenters. The van der Waals surface area contributed by atoms with Crippen LogP contribution in [0.2, 0.25) is 0 Å². The molecule has 0 aromatic heterocycles. The van der Waals surface area contributed by atoms with Gasteiger partial charge >= 0.3 is 0 Å². The van der Waals surface area contributed by atoms with Crippen LogP contribution in [0.1, 0.15) is 42.5 Å². The average molecular weight is 316 g/mol. The zero-order valence-electron chi connectivity index (χ0n) is 14.1. The van der Waals surface area contributed by atoms with Gasteiger partial charge in [0.1, 0.15) is 5.75 Å². The van der Waals surface area contributed by atoms with Crippen molar-refractivity contribution in [2.75, 3.05) is 33.3 Å². The highest BCUT2D eigenvalue weighted by Crippen LogP contribution is 2.29. The van der Waals surface area contributed by atoms with Crippen molar-refractivity contribution >= 4 is 5.91 Å². The molecule has 126 valence electrons. The Kier molecular flexibility index (Phi) is 5.55. The third-order valence-electron chi connectivity index (χ3n) is 4.99. The molecule has 0 radical (unpaired) electrons. The van der Waals surface area contributed by atoms with Gasteiger partial charge in [-0.3, -0.25) is 4.79 Å². The zero-order valence-corrected chi connectivity index (χ0v) is 14.1.